The average Bonchev–Trinajstić information content (AvgIpc) is 2.41. The molecule has 0 bridgehead atoms. The van der Waals surface area contributed by atoms with Crippen LogP contribution < -0.4 is 10.2 Å². The van der Waals surface area contributed by atoms with Gasteiger partial charge in [0.05, 0.1) is 0 Å². The first-order valence-corrected chi connectivity index (χ1v) is 6.97. The molecule has 2 N–H and O–H groups in total. The molecule has 0 atom stereocenters. The van der Waals surface area contributed by atoms with E-state index in [-0.39, 0.29) is 0 Å². The van der Waals surface area contributed by atoms with E-state index in [1.165, 1.54) is 11.3 Å². The second-order valence-electron chi connectivity index (χ2n) is 4.45. The molecule has 0 unspecified atom stereocenters. The van der Waals surface area contributed by atoms with Gasteiger partial charge in [0.25, 0.3) is 0 Å². The van der Waals surface area contributed by atoms with Gasteiger partial charge in [0.15, 0.2) is 0 Å². The molecule has 1 aromatic carbocycles. The quantitative estimate of drug-likeness (QED) is 0.661. The van der Waals surface area contributed by atoms with Crippen LogP contribution in [0.25, 0.3) is 0 Å². The van der Waals surface area contributed by atoms with E-state index in [1.807, 2.05) is 0 Å². The molecular weight excluding hydrogens is 224 g/mol. The lowest BCUT2D eigenvalue weighted by Crippen LogP contribution is -2.21. The Morgan fingerprint density at radius 2 is 1.72 bits per heavy atom. The van der Waals surface area contributed by atoms with Crippen LogP contribution in [0.3, 0.4) is 0 Å². The van der Waals surface area contributed by atoms with E-state index in [9.17, 15) is 0 Å². The highest BCUT2D eigenvalue weighted by Gasteiger charge is 2.00. The summed E-state index contributed by atoms with van der Waals surface area (Å²) >= 11 is 0. The van der Waals surface area contributed by atoms with Crippen molar-refractivity contribution < 1.29 is 5.11 Å². The summed E-state index contributed by atoms with van der Waals surface area (Å²) < 4.78 is 0. The number of hydrogen-bond donors (Lipinski definition) is 2. The lowest BCUT2D eigenvalue weighted by molar-refractivity contribution is 0.283. The molecule has 0 amide bonds. The van der Waals surface area contributed by atoms with Crippen molar-refractivity contribution in [3.63, 3.8) is 0 Å². The van der Waals surface area contributed by atoms with Crippen molar-refractivity contribution in [1.29, 1.82) is 0 Å². The Morgan fingerprint density at radius 1 is 1.06 bits per heavy atom. The molecule has 102 valence electrons. The molecule has 0 radical (unpaired) electrons. The normalized spacial score (nSPS) is 10.6. The number of nitrogens with zero attached hydrogens (tertiary/aromatic N) is 1. The molecule has 3 heteroatoms. The van der Waals surface area contributed by atoms with Gasteiger partial charge in [-0.3, -0.25) is 0 Å². The zero-order valence-corrected chi connectivity index (χ0v) is 11.7. The van der Waals surface area contributed by atoms with Crippen LogP contribution >= 0.6 is 0 Å². The monoisotopic (exact) mass is 250 g/mol. The first-order chi connectivity index (χ1) is 8.81. The predicted molar refractivity (Wildman–Crippen MR) is 78.0 cm³/mol. The second-order valence-corrected chi connectivity index (χ2v) is 4.45. The summed E-state index contributed by atoms with van der Waals surface area (Å²) in [4.78, 5) is 2.35. The Morgan fingerprint density at radius 3 is 2.28 bits per heavy atom. The Labute approximate surface area is 111 Å². The van der Waals surface area contributed by atoms with Crippen LogP contribution in [0.15, 0.2) is 24.3 Å². The third-order valence-electron chi connectivity index (χ3n) is 3.16. The van der Waals surface area contributed by atoms with E-state index in [0.29, 0.717) is 6.61 Å². The minimum Gasteiger partial charge on any atom is -0.396 e. The van der Waals surface area contributed by atoms with Crippen molar-refractivity contribution >= 4 is 5.69 Å². The van der Waals surface area contributed by atoms with Gasteiger partial charge in [-0.25, -0.2) is 0 Å². The molecule has 0 heterocycles. The van der Waals surface area contributed by atoms with Crippen molar-refractivity contribution in [2.24, 2.45) is 0 Å². The highest BCUT2D eigenvalue weighted by atomic mass is 16.2. The zero-order valence-electron chi connectivity index (χ0n) is 11.7. The highest BCUT2D eigenvalue weighted by molar-refractivity contribution is 5.47. The predicted octanol–water partition coefficient (Wildman–Crippen LogP) is 2.39. The Balaban J connectivity index is 2.35. The van der Waals surface area contributed by atoms with Gasteiger partial charge in [-0.05, 0) is 50.9 Å². The Kier molecular flexibility index (Phi) is 7.46. The maximum atomic E-state index is 8.68. The summed E-state index contributed by atoms with van der Waals surface area (Å²) in [5.41, 5.74) is 2.61. The average molecular weight is 250 g/mol. The van der Waals surface area contributed by atoms with Crippen molar-refractivity contribution in [3.8, 4) is 0 Å². The van der Waals surface area contributed by atoms with Crippen LogP contribution in [0.5, 0.6) is 0 Å². The number of hydrogen-bond acceptors (Lipinski definition) is 3. The van der Waals surface area contributed by atoms with Gasteiger partial charge in [-0.2, -0.15) is 0 Å². The fourth-order valence-corrected chi connectivity index (χ4v) is 2.01. The van der Waals surface area contributed by atoms with Gasteiger partial charge < -0.3 is 15.3 Å². The van der Waals surface area contributed by atoms with Gasteiger partial charge >= 0.3 is 0 Å². The second kappa shape index (κ2) is 8.95. The molecule has 0 aliphatic rings. The summed E-state index contributed by atoms with van der Waals surface area (Å²) in [5.74, 6) is 0. The molecule has 18 heavy (non-hydrogen) atoms. The maximum Gasteiger partial charge on any atom is 0.0431 e. The third-order valence-corrected chi connectivity index (χ3v) is 3.16. The van der Waals surface area contributed by atoms with Gasteiger partial charge in [0.1, 0.15) is 0 Å². The summed E-state index contributed by atoms with van der Waals surface area (Å²) in [6, 6.07) is 8.76. The number of aliphatic hydroxyl groups excluding tert-OH is 1. The van der Waals surface area contributed by atoms with Gasteiger partial charge in [-0.1, -0.05) is 12.1 Å². The third kappa shape index (κ3) is 5.07. The molecule has 0 saturated carbocycles. The largest absolute Gasteiger partial charge is 0.396 e. The molecule has 1 aromatic rings. The summed E-state index contributed by atoms with van der Waals surface area (Å²) in [5, 5.41) is 12.1. The molecule has 3 nitrogen and oxygen atoms in total. The molecule has 0 aliphatic heterocycles. The first kappa shape index (κ1) is 15.0. The minimum atomic E-state index is 0.292. The molecule has 0 spiro atoms. The standard InChI is InChI=1S/C15H26N2O/c1-3-17(4-2)15-9-7-14(8-10-15)13-16-11-5-6-12-18/h7-10,16,18H,3-6,11-13H2,1-2H3. The highest BCUT2D eigenvalue weighted by Crippen LogP contribution is 2.14. The number of nitrogens with one attached hydrogen (secondary N) is 1. The van der Waals surface area contributed by atoms with E-state index >= 15 is 0 Å². The van der Waals surface area contributed by atoms with Crippen molar-refractivity contribution in [1.82, 2.24) is 5.32 Å². The van der Waals surface area contributed by atoms with Crippen LogP contribution in [0, 0.1) is 0 Å². The van der Waals surface area contributed by atoms with Gasteiger partial charge in [-0.15, -0.1) is 0 Å². The smallest absolute Gasteiger partial charge is 0.0431 e. The van der Waals surface area contributed by atoms with Crippen LogP contribution in [0.1, 0.15) is 32.3 Å². The topological polar surface area (TPSA) is 35.5 Å². The van der Waals surface area contributed by atoms with Crippen LogP contribution in [-0.4, -0.2) is 31.3 Å². The van der Waals surface area contributed by atoms with E-state index in [4.69, 9.17) is 5.11 Å². The van der Waals surface area contributed by atoms with Crippen molar-refractivity contribution in [2.45, 2.75) is 33.2 Å². The lowest BCUT2D eigenvalue weighted by Gasteiger charge is -2.21. The minimum absolute atomic E-state index is 0.292. The number of aliphatic hydroxyl groups is 1. The van der Waals surface area contributed by atoms with Gasteiger partial charge in [0, 0.05) is 31.9 Å². The lowest BCUT2D eigenvalue weighted by atomic mass is 10.2. The number of rotatable bonds is 9. The Bertz CT molecular complexity index is 307. The number of unbranched alkanes of at least 4 members (excludes halogenated alkanes) is 1. The molecule has 0 fully saturated rings. The summed E-state index contributed by atoms with van der Waals surface area (Å²) in [6.45, 7) is 8.63. The van der Waals surface area contributed by atoms with Crippen molar-refractivity contribution in [3.05, 3.63) is 29.8 Å². The van der Waals surface area contributed by atoms with Crippen LogP contribution in [0.2, 0.25) is 0 Å². The van der Waals surface area contributed by atoms with E-state index < -0.39 is 0 Å². The van der Waals surface area contributed by atoms with E-state index in [1.54, 1.807) is 0 Å². The Hall–Kier alpha value is -1.06. The van der Waals surface area contributed by atoms with E-state index in [2.05, 4.69) is 48.3 Å². The SMILES string of the molecule is CCN(CC)c1ccc(CNCCCCO)cc1. The summed E-state index contributed by atoms with van der Waals surface area (Å²) in [7, 11) is 0. The maximum absolute atomic E-state index is 8.68. The van der Waals surface area contributed by atoms with Crippen LogP contribution in [0.4, 0.5) is 5.69 Å². The molecular formula is C15H26N2O. The first-order valence-electron chi connectivity index (χ1n) is 6.97. The number of anilines is 1. The number of benzene rings is 1. The van der Waals surface area contributed by atoms with Crippen molar-refractivity contribution in [2.75, 3.05) is 31.1 Å². The molecule has 0 aliphatic carbocycles. The molecule has 0 saturated heterocycles. The van der Waals surface area contributed by atoms with E-state index in [0.717, 1.165) is 39.0 Å². The zero-order chi connectivity index (χ0) is 13.2. The fourth-order valence-electron chi connectivity index (χ4n) is 2.01. The van der Waals surface area contributed by atoms with Crippen LogP contribution in [-0.2, 0) is 6.54 Å². The van der Waals surface area contributed by atoms with Gasteiger partial charge in [0.2, 0.25) is 0 Å². The fraction of sp³-hybridized carbons (Fsp3) is 0.600. The summed E-state index contributed by atoms with van der Waals surface area (Å²) in [6.07, 6.45) is 1.92. The molecule has 0 aromatic heterocycles. The molecule has 1 rings (SSSR count).